The number of carbonyl (C=O) groups is 1. The average Bonchev–Trinajstić information content (AvgIpc) is 3.69. The van der Waals surface area contributed by atoms with Gasteiger partial charge < -0.3 is 29.6 Å². The summed E-state index contributed by atoms with van der Waals surface area (Å²) in [6, 6.07) is 16.2. The molecule has 1 amide bonds. The fraction of sp³-hybridized carbons (Fsp3) is 0.382. The van der Waals surface area contributed by atoms with E-state index in [9.17, 15) is 9.90 Å². The predicted molar refractivity (Wildman–Crippen MR) is 166 cm³/mol. The van der Waals surface area contributed by atoms with E-state index >= 15 is 0 Å². The highest BCUT2D eigenvalue weighted by Crippen LogP contribution is 2.41. The monoisotopic (exact) mass is 576 g/mol. The summed E-state index contributed by atoms with van der Waals surface area (Å²) in [5, 5.41) is 10.9. The van der Waals surface area contributed by atoms with Gasteiger partial charge in [-0.3, -0.25) is 4.79 Å². The Hall–Kier alpha value is -4.37. The van der Waals surface area contributed by atoms with E-state index in [-0.39, 0.29) is 23.9 Å². The number of nitrogens with zero attached hydrogens (tertiary/aromatic N) is 5. The summed E-state index contributed by atoms with van der Waals surface area (Å²) in [5.41, 5.74) is 12.7. The Morgan fingerprint density at radius 3 is 2.65 bits per heavy atom. The van der Waals surface area contributed by atoms with Crippen molar-refractivity contribution in [3.8, 4) is 34.3 Å². The minimum absolute atomic E-state index is 0.00726. The van der Waals surface area contributed by atoms with Crippen LogP contribution in [0.4, 0.5) is 0 Å². The van der Waals surface area contributed by atoms with Gasteiger partial charge in [-0.1, -0.05) is 18.2 Å². The zero-order chi connectivity index (χ0) is 29.4. The molecule has 0 unspecified atom stereocenters. The Morgan fingerprint density at radius 1 is 1.09 bits per heavy atom. The largest absolute Gasteiger partial charge is 0.494 e. The highest BCUT2D eigenvalue weighted by molar-refractivity contribution is 6.01. The van der Waals surface area contributed by atoms with E-state index in [4.69, 9.17) is 15.5 Å². The van der Waals surface area contributed by atoms with Crippen LogP contribution in [0.3, 0.4) is 0 Å². The Labute approximate surface area is 249 Å². The number of nitrogens with two attached hydrogens (primary N) is 1. The van der Waals surface area contributed by atoms with Gasteiger partial charge in [-0.15, -0.1) is 0 Å². The zero-order valence-corrected chi connectivity index (χ0v) is 24.5. The second-order valence-corrected chi connectivity index (χ2v) is 12.6. The number of amides is 1. The summed E-state index contributed by atoms with van der Waals surface area (Å²) < 4.78 is 10.4. The summed E-state index contributed by atoms with van der Waals surface area (Å²) in [5.74, 6) is 2.50. The lowest BCUT2D eigenvalue weighted by Gasteiger charge is -2.48. The summed E-state index contributed by atoms with van der Waals surface area (Å²) in [7, 11) is 3.67. The molecule has 220 valence electrons. The Morgan fingerprint density at radius 2 is 1.95 bits per heavy atom. The lowest BCUT2D eigenvalue weighted by molar-refractivity contribution is 0.0261. The van der Waals surface area contributed by atoms with Gasteiger partial charge in [0.1, 0.15) is 11.3 Å². The van der Waals surface area contributed by atoms with Gasteiger partial charge in [-0.2, -0.15) is 0 Å². The molecule has 9 rings (SSSR count). The predicted octanol–water partition coefficient (Wildman–Crippen LogP) is 5.33. The van der Waals surface area contributed by atoms with Crippen LogP contribution in [0.25, 0.3) is 44.6 Å². The van der Waals surface area contributed by atoms with Crippen LogP contribution in [0.15, 0.2) is 54.7 Å². The number of benzene rings is 2. The molecule has 3 aromatic heterocycles. The smallest absolute Gasteiger partial charge is 0.254 e. The third-order valence-electron chi connectivity index (χ3n) is 9.90. The minimum atomic E-state index is 0.00726. The van der Waals surface area contributed by atoms with E-state index in [1.165, 1.54) is 12.8 Å². The summed E-state index contributed by atoms with van der Waals surface area (Å²) >= 11 is 0. The van der Waals surface area contributed by atoms with Crippen LogP contribution in [-0.2, 0) is 13.6 Å². The second-order valence-electron chi connectivity index (χ2n) is 12.6. The van der Waals surface area contributed by atoms with Gasteiger partial charge in [-0.05, 0) is 68.2 Å². The number of hydrogen-bond acceptors (Lipinski definition) is 6. The first-order valence-corrected chi connectivity index (χ1v) is 15.3. The number of methoxy groups -OCH3 is 1. The maximum absolute atomic E-state index is 13.8. The van der Waals surface area contributed by atoms with E-state index in [1.54, 1.807) is 19.4 Å². The molecule has 9 heteroatoms. The van der Waals surface area contributed by atoms with E-state index in [0.29, 0.717) is 23.1 Å². The molecule has 4 fully saturated rings. The van der Waals surface area contributed by atoms with Gasteiger partial charge >= 0.3 is 0 Å². The second kappa shape index (κ2) is 9.84. The van der Waals surface area contributed by atoms with Crippen LogP contribution in [-0.4, -0.2) is 60.8 Å². The number of ether oxygens (including phenoxy) is 1. The van der Waals surface area contributed by atoms with Crippen LogP contribution in [0.1, 0.15) is 42.5 Å². The molecular formula is C34H36N6O3. The molecule has 2 saturated carbocycles. The van der Waals surface area contributed by atoms with Crippen LogP contribution < -0.4 is 10.5 Å². The normalized spacial score (nSPS) is 21.7. The molecule has 2 saturated heterocycles. The number of aromatic hydroxyl groups is 1. The number of piperidine rings is 2. The Kier molecular flexibility index (Phi) is 6.01. The first-order valence-electron chi connectivity index (χ1n) is 15.3. The van der Waals surface area contributed by atoms with E-state index < -0.39 is 0 Å². The van der Waals surface area contributed by atoms with Crippen molar-refractivity contribution in [1.82, 2.24) is 24.0 Å². The van der Waals surface area contributed by atoms with Crippen LogP contribution in [0, 0.1) is 11.8 Å². The maximum atomic E-state index is 13.8. The number of hydrogen-bond donors (Lipinski definition) is 2. The molecule has 43 heavy (non-hydrogen) atoms. The van der Waals surface area contributed by atoms with Crippen molar-refractivity contribution in [2.75, 3.05) is 13.7 Å². The topological polar surface area (TPSA) is 111 Å². The number of pyridine rings is 1. The van der Waals surface area contributed by atoms with Crippen molar-refractivity contribution in [3.63, 3.8) is 0 Å². The quantitative estimate of drug-likeness (QED) is 0.283. The third-order valence-corrected chi connectivity index (χ3v) is 9.90. The van der Waals surface area contributed by atoms with Crippen molar-refractivity contribution < 1.29 is 14.6 Å². The molecule has 0 spiro atoms. The molecule has 2 aromatic carbocycles. The fourth-order valence-corrected chi connectivity index (χ4v) is 7.43. The Balaban J connectivity index is 1.26. The molecular weight excluding hydrogens is 540 g/mol. The summed E-state index contributed by atoms with van der Waals surface area (Å²) in [4.78, 5) is 25.2. The number of rotatable bonds is 6. The van der Waals surface area contributed by atoms with Crippen molar-refractivity contribution in [3.05, 3.63) is 60.3 Å². The average molecular weight is 577 g/mol. The van der Waals surface area contributed by atoms with Crippen LogP contribution in [0.5, 0.6) is 11.6 Å². The number of aryl methyl sites for hydroxylation is 1. The molecule has 3 N–H and O–H groups in total. The van der Waals surface area contributed by atoms with Gasteiger partial charge in [0.05, 0.1) is 23.8 Å². The fourth-order valence-electron chi connectivity index (χ4n) is 7.43. The van der Waals surface area contributed by atoms with Gasteiger partial charge in [0.25, 0.3) is 5.91 Å². The lowest BCUT2D eigenvalue weighted by Crippen LogP contribution is -2.58. The van der Waals surface area contributed by atoms with E-state index in [0.717, 1.165) is 76.9 Å². The first-order chi connectivity index (χ1) is 20.9. The molecule has 5 aromatic rings. The number of fused-ring (bicyclic) bond motifs is 5. The molecule has 9 nitrogen and oxygen atoms in total. The third kappa shape index (κ3) is 4.28. The molecule has 2 bridgehead atoms. The van der Waals surface area contributed by atoms with Gasteiger partial charge in [0.2, 0.25) is 5.88 Å². The van der Waals surface area contributed by atoms with E-state index in [2.05, 4.69) is 38.4 Å². The molecule has 3 atom stereocenters. The molecule has 2 aliphatic carbocycles. The highest BCUT2D eigenvalue weighted by atomic mass is 16.5. The van der Waals surface area contributed by atoms with Crippen molar-refractivity contribution in [1.29, 1.82) is 0 Å². The van der Waals surface area contributed by atoms with Gasteiger partial charge in [0.15, 0.2) is 5.82 Å². The maximum Gasteiger partial charge on any atom is 0.254 e. The zero-order valence-electron chi connectivity index (χ0n) is 24.5. The standard InChI is InChI=1S/C34H36N6O3/c1-38-32-27(12-23(14-29(32)43-2)34(42)39-18-22-8-10-24(39)15-26(22)35)37-33(38)28-13-20-4-3-5-25(21-9-11-30(41)36-16-21)31(20)40(28)17-19-6-7-19/h3-5,9,11-14,16,19,22,24,26H,6-8,10,15,17-18,35H2,1-2H3,(H,36,41)/t22-,24-,26+/m1/s1. The first kappa shape index (κ1) is 26.3. The van der Waals surface area contributed by atoms with E-state index in [1.807, 2.05) is 30.1 Å². The van der Waals surface area contributed by atoms with Crippen molar-refractivity contribution in [2.24, 2.45) is 24.6 Å². The van der Waals surface area contributed by atoms with Crippen LogP contribution in [0.2, 0.25) is 0 Å². The molecule has 0 radical (unpaired) electrons. The van der Waals surface area contributed by atoms with Gasteiger partial charge in [-0.25, -0.2) is 9.97 Å². The van der Waals surface area contributed by atoms with Crippen LogP contribution >= 0.6 is 0 Å². The highest BCUT2D eigenvalue weighted by Gasteiger charge is 2.41. The van der Waals surface area contributed by atoms with Crippen molar-refractivity contribution in [2.45, 2.75) is 50.7 Å². The Bertz CT molecular complexity index is 1890. The SMILES string of the molecule is COc1cc(C(=O)N2C[C@H]3CC[C@@H]2C[C@@H]3N)cc2nc(-c3cc4cccc(-c5ccc(O)nc5)c4n3CC3CC3)n(C)c12. The number of imidazole rings is 1. The molecule has 4 aliphatic rings. The van der Waals surface area contributed by atoms with Gasteiger partial charge in [0, 0.05) is 66.6 Å². The minimum Gasteiger partial charge on any atom is -0.494 e. The number of aromatic nitrogens is 4. The number of carbonyl (C=O) groups excluding carboxylic acids is 1. The summed E-state index contributed by atoms with van der Waals surface area (Å²) in [6.45, 7) is 1.61. The number of para-hydroxylation sites is 1. The lowest BCUT2D eigenvalue weighted by atomic mass is 9.76. The van der Waals surface area contributed by atoms with Crippen molar-refractivity contribution >= 4 is 27.8 Å². The molecule has 5 heterocycles. The molecule has 2 aliphatic heterocycles. The summed E-state index contributed by atoms with van der Waals surface area (Å²) in [6.07, 6.45) is 7.14.